The molecule has 1 rings (SSSR count). The van der Waals surface area contributed by atoms with Crippen LogP contribution < -0.4 is 5.32 Å². The van der Waals surface area contributed by atoms with Gasteiger partial charge in [-0.3, -0.25) is 0 Å². The Hall–Kier alpha value is -0.0800. The maximum atomic E-state index is 3.20. The minimum atomic E-state index is 0.720. The van der Waals surface area contributed by atoms with E-state index in [1.54, 1.807) is 0 Å². The largest absolute Gasteiger partial charge is 0.320 e. The van der Waals surface area contributed by atoms with Crippen LogP contribution in [-0.4, -0.2) is 37.6 Å². The number of nitrogens with one attached hydrogen (secondary N) is 1. The fourth-order valence-corrected chi connectivity index (χ4v) is 1.65. The van der Waals surface area contributed by atoms with E-state index >= 15 is 0 Å². The van der Waals surface area contributed by atoms with Gasteiger partial charge < -0.3 is 10.2 Å². The van der Waals surface area contributed by atoms with Crippen molar-refractivity contribution in [3.63, 3.8) is 0 Å². The molecule has 0 aromatic rings. The lowest BCUT2D eigenvalue weighted by Gasteiger charge is -2.26. The molecule has 1 aliphatic carbocycles. The number of hydrogen-bond acceptors (Lipinski definition) is 2. The minimum Gasteiger partial charge on any atom is -0.320 e. The van der Waals surface area contributed by atoms with E-state index < -0.39 is 0 Å². The molecule has 1 fully saturated rings. The Morgan fingerprint density at radius 3 is 2.54 bits per heavy atom. The Morgan fingerprint density at radius 1 is 1.38 bits per heavy atom. The van der Waals surface area contributed by atoms with Crippen molar-refractivity contribution < 1.29 is 0 Å². The lowest BCUT2D eigenvalue weighted by molar-refractivity contribution is 0.210. The van der Waals surface area contributed by atoms with Gasteiger partial charge in [0.2, 0.25) is 0 Å². The summed E-state index contributed by atoms with van der Waals surface area (Å²) in [5.74, 6) is 1.02. The third-order valence-electron chi connectivity index (χ3n) is 2.79. The van der Waals surface area contributed by atoms with E-state index in [0.717, 1.165) is 18.5 Å². The molecule has 0 aliphatic heterocycles. The van der Waals surface area contributed by atoms with Gasteiger partial charge in [-0.2, -0.15) is 0 Å². The fourth-order valence-electron chi connectivity index (χ4n) is 1.65. The van der Waals surface area contributed by atoms with Crippen LogP contribution in [0.25, 0.3) is 0 Å². The maximum absolute atomic E-state index is 3.20. The SMILES string of the molecule is CNCCCN(CC1CC1)C(C)C. The van der Waals surface area contributed by atoms with Crippen molar-refractivity contribution in [3.8, 4) is 0 Å². The Labute approximate surface area is 82.7 Å². The summed E-state index contributed by atoms with van der Waals surface area (Å²) < 4.78 is 0. The zero-order valence-corrected chi connectivity index (χ0v) is 9.34. The molecule has 78 valence electrons. The van der Waals surface area contributed by atoms with Crippen LogP contribution in [0.2, 0.25) is 0 Å². The molecule has 13 heavy (non-hydrogen) atoms. The second-order valence-electron chi connectivity index (χ2n) is 4.49. The summed E-state index contributed by atoms with van der Waals surface area (Å²) in [5, 5.41) is 3.20. The third-order valence-corrected chi connectivity index (χ3v) is 2.79. The van der Waals surface area contributed by atoms with Crippen molar-refractivity contribution >= 4 is 0 Å². The Bertz CT molecular complexity index is 130. The van der Waals surface area contributed by atoms with Gasteiger partial charge >= 0.3 is 0 Å². The van der Waals surface area contributed by atoms with Gasteiger partial charge in [-0.05, 0) is 59.2 Å². The average Bonchev–Trinajstić information content (AvgIpc) is 2.86. The molecule has 0 unspecified atom stereocenters. The summed E-state index contributed by atoms with van der Waals surface area (Å²) in [6, 6.07) is 0.720. The van der Waals surface area contributed by atoms with Crippen LogP contribution in [0.15, 0.2) is 0 Å². The van der Waals surface area contributed by atoms with Crippen molar-refractivity contribution in [1.82, 2.24) is 10.2 Å². The van der Waals surface area contributed by atoms with Crippen molar-refractivity contribution in [2.24, 2.45) is 5.92 Å². The molecule has 1 aliphatic rings. The molecule has 0 heterocycles. The third kappa shape index (κ3) is 4.63. The van der Waals surface area contributed by atoms with Gasteiger partial charge in [0, 0.05) is 12.6 Å². The van der Waals surface area contributed by atoms with Gasteiger partial charge in [0.15, 0.2) is 0 Å². The maximum Gasteiger partial charge on any atom is 0.00387 e. The summed E-state index contributed by atoms with van der Waals surface area (Å²) in [5.41, 5.74) is 0. The van der Waals surface area contributed by atoms with E-state index in [1.165, 1.54) is 32.4 Å². The van der Waals surface area contributed by atoms with Crippen LogP contribution in [0.3, 0.4) is 0 Å². The monoisotopic (exact) mass is 184 g/mol. The van der Waals surface area contributed by atoms with Gasteiger partial charge in [0.05, 0.1) is 0 Å². The molecule has 0 spiro atoms. The molecular weight excluding hydrogens is 160 g/mol. The first-order chi connectivity index (χ1) is 6.24. The van der Waals surface area contributed by atoms with Gasteiger partial charge in [-0.15, -0.1) is 0 Å². The van der Waals surface area contributed by atoms with E-state index in [4.69, 9.17) is 0 Å². The highest BCUT2D eigenvalue weighted by atomic mass is 15.1. The van der Waals surface area contributed by atoms with Crippen molar-refractivity contribution in [2.45, 2.75) is 39.2 Å². The molecule has 0 atom stereocenters. The van der Waals surface area contributed by atoms with E-state index in [9.17, 15) is 0 Å². The quantitative estimate of drug-likeness (QED) is 0.606. The standard InChI is InChI=1S/C11H24N2/c1-10(2)13(8-4-7-12-3)9-11-5-6-11/h10-12H,4-9H2,1-3H3. The molecular formula is C11H24N2. The van der Waals surface area contributed by atoms with Crippen LogP contribution in [0, 0.1) is 5.92 Å². The average molecular weight is 184 g/mol. The number of rotatable bonds is 7. The topological polar surface area (TPSA) is 15.3 Å². The van der Waals surface area contributed by atoms with Crippen molar-refractivity contribution in [3.05, 3.63) is 0 Å². The smallest absolute Gasteiger partial charge is 0.00387 e. The predicted octanol–water partition coefficient (Wildman–Crippen LogP) is 1.72. The van der Waals surface area contributed by atoms with Crippen LogP contribution in [0.1, 0.15) is 33.1 Å². The second-order valence-corrected chi connectivity index (χ2v) is 4.49. The first kappa shape index (κ1) is 11.0. The number of hydrogen-bond donors (Lipinski definition) is 1. The van der Waals surface area contributed by atoms with Crippen LogP contribution in [0.5, 0.6) is 0 Å². The molecule has 0 radical (unpaired) electrons. The van der Waals surface area contributed by atoms with Gasteiger partial charge in [-0.25, -0.2) is 0 Å². The molecule has 1 saturated carbocycles. The Kier molecular flexibility index (Phi) is 4.74. The molecule has 0 aromatic carbocycles. The second kappa shape index (κ2) is 5.61. The van der Waals surface area contributed by atoms with Crippen LogP contribution in [-0.2, 0) is 0 Å². The Morgan fingerprint density at radius 2 is 2.08 bits per heavy atom. The van der Waals surface area contributed by atoms with Gasteiger partial charge in [0.25, 0.3) is 0 Å². The molecule has 1 N–H and O–H groups in total. The summed E-state index contributed by atoms with van der Waals surface area (Å²) in [4.78, 5) is 2.62. The highest BCUT2D eigenvalue weighted by Crippen LogP contribution is 2.30. The molecule has 0 saturated heterocycles. The van der Waals surface area contributed by atoms with E-state index in [1.807, 2.05) is 7.05 Å². The summed E-state index contributed by atoms with van der Waals surface area (Å²) in [6.07, 6.45) is 4.21. The first-order valence-corrected chi connectivity index (χ1v) is 5.62. The lowest BCUT2D eigenvalue weighted by atomic mass is 10.2. The zero-order valence-electron chi connectivity index (χ0n) is 9.34. The molecule has 0 aromatic heterocycles. The van der Waals surface area contributed by atoms with Crippen molar-refractivity contribution in [1.29, 1.82) is 0 Å². The van der Waals surface area contributed by atoms with E-state index in [0.29, 0.717) is 0 Å². The summed E-state index contributed by atoms with van der Waals surface area (Å²) in [6.45, 7) is 8.35. The first-order valence-electron chi connectivity index (χ1n) is 5.62. The predicted molar refractivity (Wildman–Crippen MR) is 58.0 cm³/mol. The zero-order chi connectivity index (χ0) is 9.68. The molecule has 2 nitrogen and oxygen atoms in total. The van der Waals surface area contributed by atoms with Gasteiger partial charge in [0.1, 0.15) is 0 Å². The molecule has 2 heteroatoms. The highest BCUT2D eigenvalue weighted by molar-refractivity contribution is 4.78. The molecule has 0 amide bonds. The van der Waals surface area contributed by atoms with E-state index in [2.05, 4.69) is 24.1 Å². The fraction of sp³-hybridized carbons (Fsp3) is 1.00. The highest BCUT2D eigenvalue weighted by Gasteiger charge is 2.24. The van der Waals surface area contributed by atoms with Crippen molar-refractivity contribution in [2.75, 3.05) is 26.7 Å². The minimum absolute atomic E-state index is 0.720. The van der Waals surface area contributed by atoms with Crippen LogP contribution in [0.4, 0.5) is 0 Å². The van der Waals surface area contributed by atoms with Gasteiger partial charge in [-0.1, -0.05) is 0 Å². The normalized spacial score (nSPS) is 17.3. The Balaban J connectivity index is 2.12. The summed E-state index contributed by atoms with van der Waals surface area (Å²) >= 11 is 0. The summed E-state index contributed by atoms with van der Waals surface area (Å²) in [7, 11) is 2.03. The molecule has 0 bridgehead atoms. The lowest BCUT2D eigenvalue weighted by Crippen LogP contribution is -2.34. The number of nitrogens with zero attached hydrogens (tertiary/aromatic N) is 1. The van der Waals surface area contributed by atoms with Crippen LogP contribution >= 0.6 is 0 Å². The van der Waals surface area contributed by atoms with E-state index in [-0.39, 0.29) is 0 Å².